The number of hydrogen-bond donors (Lipinski definition) is 1. The van der Waals surface area contributed by atoms with Gasteiger partial charge in [0.2, 0.25) is 0 Å². The Balaban J connectivity index is 2.56. The summed E-state index contributed by atoms with van der Waals surface area (Å²) in [6.45, 7) is -3.03. The number of rotatable bonds is 5. The largest absolute Gasteiger partial charge is 0.534 e. The number of hydrogen-bond acceptors (Lipinski definition) is 7. The van der Waals surface area contributed by atoms with E-state index in [1.165, 1.54) is 11.6 Å². The Bertz CT molecular complexity index is 935. The maximum absolute atomic E-state index is 12.5. The van der Waals surface area contributed by atoms with Gasteiger partial charge in [0.05, 0.1) is 15.7 Å². The number of allylic oxidation sites excluding steroid dienone is 1. The minimum atomic E-state index is -5.92. The molecule has 0 aliphatic carbocycles. The molecule has 13 heteroatoms. The fraction of sp³-hybridized carbons (Fsp3) is 0.167. The second-order valence-electron chi connectivity index (χ2n) is 4.34. The van der Waals surface area contributed by atoms with E-state index in [-0.39, 0.29) is 21.4 Å². The van der Waals surface area contributed by atoms with Crippen LogP contribution in [0, 0.1) is 0 Å². The smallest absolute Gasteiger partial charge is 0.404 e. The molecule has 0 fully saturated rings. The molecule has 0 atom stereocenters. The second kappa shape index (κ2) is 6.92. The van der Waals surface area contributed by atoms with Crippen LogP contribution in [0.2, 0.25) is 0 Å². The molecule has 0 saturated carbocycles. The summed E-state index contributed by atoms with van der Waals surface area (Å²) in [5, 5.41) is 0. The number of aliphatic imine (C=N–C) groups is 1. The molecule has 0 saturated heterocycles. The third kappa shape index (κ3) is 4.22. The number of thiazole rings is 1. The van der Waals surface area contributed by atoms with Crippen molar-refractivity contribution in [2.24, 2.45) is 10.7 Å². The zero-order chi connectivity index (χ0) is 18.8. The summed E-state index contributed by atoms with van der Waals surface area (Å²) >= 11 is 0.839. The van der Waals surface area contributed by atoms with Gasteiger partial charge in [0.25, 0.3) is 0 Å². The van der Waals surface area contributed by atoms with E-state index in [4.69, 9.17) is 5.73 Å². The van der Waals surface area contributed by atoms with Crippen molar-refractivity contribution in [2.45, 2.75) is 12.1 Å². The lowest BCUT2D eigenvalue weighted by Gasteiger charge is -2.11. The van der Waals surface area contributed by atoms with Crippen LogP contribution in [-0.2, 0) is 10.1 Å². The van der Waals surface area contributed by atoms with Crippen molar-refractivity contribution in [3.63, 3.8) is 0 Å². The molecule has 0 aliphatic heterocycles. The van der Waals surface area contributed by atoms with Gasteiger partial charge in [-0.05, 0) is 17.7 Å². The van der Waals surface area contributed by atoms with Gasteiger partial charge >= 0.3 is 22.2 Å². The van der Waals surface area contributed by atoms with Gasteiger partial charge in [0.1, 0.15) is 0 Å². The number of benzene rings is 1. The van der Waals surface area contributed by atoms with Crippen molar-refractivity contribution in [3.05, 3.63) is 29.4 Å². The molecule has 25 heavy (non-hydrogen) atoms. The SMILES string of the molecule is N/C=C(\C=N\C(F)F)c1cc(OS(=O)(=O)C(F)(F)F)c2scnc2c1. The van der Waals surface area contributed by atoms with E-state index >= 15 is 0 Å². The number of nitrogens with zero attached hydrogens (tertiary/aromatic N) is 2. The highest BCUT2D eigenvalue weighted by atomic mass is 32.2. The summed E-state index contributed by atoms with van der Waals surface area (Å²) in [4.78, 5) is 6.67. The lowest BCUT2D eigenvalue weighted by atomic mass is 10.1. The monoisotopic (exact) mass is 401 g/mol. The van der Waals surface area contributed by atoms with E-state index in [2.05, 4.69) is 14.2 Å². The highest BCUT2D eigenvalue weighted by Crippen LogP contribution is 2.36. The molecule has 1 aromatic heterocycles. The summed E-state index contributed by atoms with van der Waals surface area (Å²) in [5.41, 5.74) is 0.919. The highest BCUT2D eigenvalue weighted by molar-refractivity contribution is 7.88. The molecular formula is C12H8F5N3O3S2. The van der Waals surface area contributed by atoms with Crippen LogP contribution in [0.25, 0.3) is 15.8 Å². The van der Waals surface area contributed by atoms with E-state index in [1.807, 2.05) is 0 Å². The first-order valence-corrected chi connectivity index (χ1v) is 8.45. The van der Waals surface area contributed by atoms with Crippen molar-refractivity contribution in [3.8, 4) is 5.75 Å². The van der Waals surface area contributed by atoms with Gasteiger partial charge < -0.3 is 9.92 Å². The molecule has 0 amide bonds. The molecule has 2 aromatic rings. The van der Waals surface area contributed by atoms with Gasteiger partial charge in [0, 0.05) is 18.0 Å². The number of halogens is 5. The predicted octanol–water partition coefficient (Wildman–Crippen LogP) is 3.12. The Kier molecular flexibility index (Phi) is 5.27. The van der Waals surface area contributed by atoms with Crippen LogP contribution < -0.4 is 9.92 Å². The topological polar surface area (TPSA) is 94.6 Å². The van der Waals surface area contributed by atoms with Crippen molar-refractivity contribution >= 4 is 43.5 Å². The van der Waals surface area contributed by atoms with Gasteiger partial charge in [-0.2, -0.15) is 30.4 Å². The fourth-order valence-corrected chi connectivity index (χ4v) is 2.92. The molecule has 136 valence electrons. The Morgan fingerprint density at radius 1 is 1.36 bits per heavy atom. The molecular weight excluding hydrogens is 393 g/mol. The molecule has 0 aliphatic rings. The zero-order valence-electron chi connectivity index (χ0n) is 11.9. The lowest BCUT2D eigenvalue weighted by Crippen LogP contribution is -2.28. The molecule has 1 heterocycles. The number of nitrogens with two attached hydrogens (primary N) is 1. The van der Waals surface area contributed by atoms with Crippen LogP contribution in [0.15, 0.2) is 28.8 Å². The van der Waals surface area contributed by atoms with Gasteiger partial charge in [-0.15, -0.1) is 11.3 Å². The summed E-state index contributed by atoms with van der Waals surface area (Å²) < 4.78 is 88.5. The van der Waals surface area contributed by atoms with Gasteiger partial charge in [0.15, 0.2) is 5.75 Å². The van der Waals surface area contributed by atoms with E-state index in [1.54, 1.807) is 0 Å². The fourth-order valence-electron chi connectivity index (χ4n) is 1.68. The standard InChI is InChI=1S/C12H8F5N3O3S2/c13-11(14)19-4-7(3-18)6-1-8-10(24-5-20-8)9(2-6)23-25(21,22)12(15,16)17/h1-5,11H,18H2/b7-3+,19-4+. The first kappa shape index (κ1) is 19.1. The molecule has 0 spiro atoms. The number of aromatic nitrogens is 1. The number of fused-ring (bicyclic) bond motifs is 1. The Morgan fingerprint density at radius 3 is 2.60 bits per heavy atom. The summed E-state index contributed by atoms with van der Waals surface area (Å²) in [5.74, 6) is -0.655. The quantitative estimate of drug-likeness (QED) is 0.273. The molecule has 0 bridgehead atoms. The van der Waals surface area contributed by atoms with Gasteiger partial charge in [-0.3, -0.25) is 0 Å². The van der Waals surface area contributed by atoms with Crippen LogP contribution in [-0.4, -0.2) is 31.7 Å². The predicted molar refractivity (Wildman–Crippen MR) is 81.9 cm³/mol. The normalized spacial score (nSPS) is 13.9. The minimum absolute atomic E-state index is 0.00215. The molecule has 0 unspecified atom stereocenters. The third-order valence-corrected chi connectivity index (χ3v) is 4.54. The molecule has 2 N–H and O–H groups in total. The summed E-state index contributed by atoms with van der Waals surface area (Å²) in [7, 11) is -5.92. The Hall–Kier alpha value is -2.28. The first-order valence-electron chi connectivity index (χ1n) is 6.17. The van der Waals surface area contributed by atoms with Crippen molar-refractivity contribution in [1.82, 2.24) is 4.98 Å². The van der Waals surface area contributed by atoms with Crippen molar-refractivity contribution in [2.75, 3.05) is 0 Å². The average Bonchev–Trinajstić information content (AvgIpc) is 2.94. The van der Waals surface area contributed by atoms with Crippen LogP contribution in [0.4, 0.5) is 22.0 Å². The Labute approximate surface area is 141 Å². The van der Waals surface area contributed by atoms with Crippen LogP contribution in [0.1, 0.15) is 5.56 Å². The van der Waals surface area contributed by atoms with Gasteiger partial charge in [-0.25, -0.2) is 9.98 Å². The maximum Gasteiger partial charge on any atom is 0.534 e. The van der Waals surface area contributed by atoms with Crippen LogP contribution >= 0.6 is 11.3 Å². The first-order chi connectivity index (χ1) is 11.5. The van der Waals surface area contributed by atoms with Crippen molar-refractivity contribution in [1.29, 1.82) is 0 Å². The average molecular weight is 401 g/mol. The summed E-state index contributed by atoms with van der Waals surface area (Å²) in [6, 6.07) is 2.23. The van der Waals surface area contributed by atoms with Crippen LogP contribution in [0.3, 0.4) is 0 Å². The minimum Gasteiger partial charge on any atom is -0.404 e. The highest BCUT2D eigenvalue weighted by Gasteiger charge is 2.48. The van der Waals surface area contributed by atoms with E-state index in [0.717, 1.165) is 23.6 Å². The van der Waals surface area contributed by atoms with Crippen molar-refractivity contribution < 1.29 is 34.6 Å². The molecule has 0 radical (unpaired) electrons. The molecule has 6 nitrogen and oxygen atoms in total. The van der Waals surface area contributed by atoms with E-state index in [9.17, 15) is 30.4 Å². The number of alkyl halides is 5. The van der Waals surface area contributed by atoms with E-state index in [0.29, 0.717) is 6.21 Å². The van der Waals surface area contributed by atoms with Crippen LogP contribution in [0.5, 0.6) is 5.75 Å². The van der Waals surface area contributed by atoms with Gasteiger partial charge in [-0.1, -0.05) is 0 Å². The maximum atomic E-state index is 12.5. The lowest BCUT2D eigenvalue weighted by molar-refractivity contribution is -0.0499. The Morgan fingerprint density at radius 2 is 2.04 bits per heavy atom. The molecule has 1 aromatic carbocycles. The molecule has 2 rings (SSSR count). The third-order valence-electron chi connectivity index (χ3n) is 2.72. The summed E-state index contributed by atoms with van der Waals surface area (Å²) in [6.07, 6.45) is 1.57. The zero-order valence-corrected chi connectivity index (χ0v) is 13.5. The van der Waals surface area contributed by atoms with E-state index < -0.39 is 27.9 Å². The second-order valence-corrected chi connectivity index (χ2v) is 6.73.